The van der Waals surface area contributed by atoms with E-state index in [-0.39, 0.29) is 11.7 Å². The van der Waals surface area contributed by atoms with Crippen molar-refractivity contribution in [3.63, 3.8) is 0 Å². The third-order valence-corrected chi connectivity index (χ3v) is 4.02. The van der Waals surface area contributed by atoms with Crippen LogP contribution in [0.5, 0.6) is 5.75 Å². The zero-order chi connectivity index (χ0) is 12.4. The monoisotopic (exact) mass is 269 g/mol. The molecule has 17 heavy (non-hydrogen) atoms. The van der Waals surface area contributed by atoms with E-state index in [0.29, 0.717) is 14.8 Å². The molecule has 0 saturated heterocycles. The third-order valence-electron chi connectivity index (χ3n) is 2.05. The topological polar surface area (TPSA) is 49.7 Å². The number of phenolic OH excluding ortho intramolecular Hbond substituents is 1. The number of aromatic hydroxyl groups is 1. The van der Waals surface area contributed by atoms with Gasteiger partial charge >= 0.3 is 0 Å². The van der Waals surface area contributed by atoms with Crippen molar-refractivity contribution in [2.45, 2.75) is 0 Å². The van der Waals surface area contributed by atoms with Gasteiger partial charge in [-0.05, 0) is 24.5 Å². The predicted octanol–water partition coefficient (Wildman–Crippen LogP) is 2.86. The highest BCUT2D eigenvalue weighted by atomic mass is 32.2. The number of carbonyl (C=O) groups excluding carboxylic acids is 1. The number of hydrogen-bond donors (Lipinski definition) is 1. The molecule has 1 aromatic rings. The highest BCUT2D eigenvalue weighted by Crippen LogP contribution is 2.34. The third kappa shape index (κ3) is 2.70. The van der Waals surface area contributed by atoms with E-state index in [1.807, 2.05) is 6.26 Å². The van der Waals surface area contributed by atoms with Crippen molar-refractivity contribution >= 4 is 39.9 Å². The van der Waals surface area contributed by atoms with Crippen molar-refractivity contribution in [3.8, 4) is 5.75 Å². The van der Waals surface area contributed by atoms with Gasteiger partial charge in [0.25, 0.3) is 5.91 Å². The molecule has 1 N–H and O–H groups in total. The molecule has 0 fully saturated rings. The lowest BCUT2D eigenvalue weighted by Crippen LogP contribution is -1.88. The molecule has 1 aliphatic rings. The number of halogens is 1. The van der Waals surface area contributed by atoms with Crippen LogP contribution in [0.25, 0.3) is 6.08 Å². The number of benzene rings is 1. The zero-order valence-electron chi connectivity index (χ0n) is 8.81. The Morgan fingerprint density at radius 2 is 2.29 bits per heavy atom. The molecule has 1 aromatic carbocycles. The van der Waals surface area contributed by atoms with E-state index in [9.17, 15) is 14.3 Å². The minimum Gasteiger partial charge on any atom is -0.507 e. The van der Waals surface area contributed by atoms with E-state index in [0.717, 1.165) is 6.07 Å². The quantitative estimate of drug-likeness (QED) is 0.796. The second kappa shape index (κ2) is 4.93. The Hall–Kier alpha value is -1.27. The largest absolute Gasteiger partial charge is 0.507 e. The summed E-state index contributed by atoms with van der Waals surface area (Å²) in [4.78, 5) is 15.7. The molecule has 0 spiro atoms. The van der Waals surface area contributed by atoms with Crippen LogP contribution in [0.3, 0.4) is 0 Å². The molecular formula is C11H8FNO2S2. The first kappa shape index (κ1) is 12.2. The number of carbonyl (C=O) groups is 1. The molecule has 2 rings (SSSR count). The molecule has 1 aliphatic heterocycles. The summed E-state index contributed by atoms with van der Waals surface area (Å²) in [6.45, 7) is 0. The first-order valence-corrected chi connectivity index (χ1v) is 6.69. The predicted molar refractivity (Wildman–Crippen MR) is 69.6 cm³/mol. The Morgan fingerprint density at radius 1 is 1.53 bits per heavy atom. The van der Waals surface area contributed by atoms with E-state index in [4.69, 9.17) is 0 Å². The van der Waals surface area contributed by atoms with E-state index < -0.39 is 5.82 Å². The molecule has 1 amide bonds. The second-order valence-corrected chi connectivity index (χ2v) is 5.28. The van der Waals surface area contributed by atoms with Gasteiger partial charge in [-0.15, -0.1) is 11.8 Å². The van der Waals surface area contributed by atoms with E-state index in [1.54, 1.807) is 0 Å². The van der Waals surface area contributed by atoms with Crippen molar-refractivity contribution in [1.29, 1.82) is 0 Å². The molecule has 0 saturated carbocycles. The average molecular weight is 269 g/mol. The summed E-state index contributed by atoms with van der Waals surface area (Å²) in [7, 11) is 0. The minimum absolute atomic E-state index is 0.191. The van der Waals surface area contributed by atoms with E-state index >= 15 is 0 Å². The lowest BCUT2D eigenvalue weighted by atomic mass is 10.2. The molecule has 0 radical (unpaired) electrons. The van der Waals surface area contributed by atoms with Gasteiger partial charge in [-0.2, -0.15) is 4.99 Å². The summed E-state index contributed by atoms with van der Waals surface area (Å²) in [6, 6.07) is 3.65. The van der Waals surface area contributed by atoms with Crippen molar-refractivity contribution in [3.05, 3.63) is 34.5 Å². The highest BCUT2D eigenvalue weighted by molar-refractivity contribution is 8.40. The number of aliphatic imine (C=N–C) groups is 1. The van der Waals surface area contributed by atoms with Crippen molar-refractivity contribution in [2.75, 3.05) is 6.26 Å². The highest BCUT2D eigenvalue weighted by Gasteiger charge is 2.21. The smallest absolute Gasteiger partial charge is 0.285 e. The van der Waals surface area contributed by atoms with Crippen molar-refractivity contribution in [2.24, 2.45) is 4.99 Å². The molecule has 1 heterocycles. The van der Waals surface area contributed by atoms with Crippen LogP contribution in [0.2, 0.25) is 0 Å². The van der Waals surface area contributed by atoms with Gasteiger partial charge in [0.15, 0.2) is 0 Å². The Labute approximate surface area is 106 Å². The number of amides is 1. The fourth-order valence-electron chi connectivity index (χ4n) is 1.26. The van der Waals surface area contributed by atoms with Gasteiger partial charge in [-0.3, -0.25) is 4.79 Å². The lowest BCUT2D eigenvalue weighted by Gasteiger charge is -2.00. The van der Waals surface area contributed by atoms with Gasteiger partial charge in [-0.1, -0.05) is 11.8 Å². The second-order valence-electron chi connectivity index (χ2n) is 3.20. The van der Waals surface area contributed by atoms with Crippen LogP contribution in [0.4, 0.5) is 4.39 Å². The maximum absolute atomic E-state index is 12.8. The maximum atomic E-state index is 12.8. The summed E-state index contributed by atoms with van der Waals surface area (Å²) in [5.41, 5.74) is 0.403. The molecular weight excluding hydrogens is 261 g/mol. The number of nitrogens with zero attached hydrogens (tertiary/aromatic N) is 1. The summed E-state index contributed by atoms with van der Waals surface area (Å²) >= 11 is 2.63. The van der Waals surface area contributed by atoms with Gasteiger partial charge in [-0.25, -0.2) is 4.39 Å². The lowest BCUT2D eigenvalue weighted by molar-refractivity contribution is -0.113. The normalized spacial score (nSPS) is 17.6. The summed E-state index contributed by atoms with van der Waals surface area (Å²) in [5.74, 6) is -1.04. The van der Waals surface area contributed by atoms with Gasteiger partial charge < -0.3 is 5.11 Å². The van der Waals surface area contributed by atoms with E-state index in [1.165, 1.54) is 41.7 Å². The molecule has 0 unspecified atom stereocenters. The van der Waals surface area contributed by atoms with Crippen LogP contribution >= 0.6 is 23.5 Å². The van der Waals surface area contributed by atoms with Crippen LogP contribution in [-0.4, -0.2) is 21.6 Å². The molecule has 0 atom stereocenters. The number of hydrogen-bond acceptors (Lipinski definition) is 4. The Bertz CT molecular complexity index is 540. The molecule has 0 aromatic heterocycles. The molecule has 6 heteroatoms. The molecule has 3 nitrogen and oxygen atoms in total. The molecule has 88 valence electrons. The van der Waals surface area contributed by atoms with Crippen molar-refractivity contribution in [1.82, 2.24) is 0 Å². The fourth-order valence-corrected chi connectivity index (χ4v) is 2.67. The molecule has 0 aliphatic carbocycles. The summed E-state index contributed by atoms with van der Waals surface area (Å²) in [5, 5.41) is 9.51. The minimum atomic E-state index is -0.517. The van der Waals surface area contributed by atoms with Crippen LogP contribution in [-0.2, 0) is 4.79 Å². The van der Waals surface area contributed by atoms with Gasteiger partial charge in [0.1, 0.15) is 15.9 Å². The van der Waals surface area contributed by atoms with Crippen LogP contribution in [0, 0.1) is 5.82 Å². The first-order chi connectivity index (χ1) is 8.10. The number of thioether (sulfide) groups is 2. The fraction of sp³-hybridized carbons (Fsp3) is 0.0909. The Morgan fingerprint density at radius 3 is 2.88 bits per heavy atom. The van der Waals surface area contributed by atoms with E-state index in [2.05, 4.69) is 4.99 Å². The van der Waals surface area contributed by atoms with Crippen LogP contribution in [0.15, 0.2) is 28.1 Å². The zero-order valence-corrected chi connectivity index (χ0v) is 10.4. The number of rotatable bonds is 1. The standard InChI is InChI=1S/C11H8FNO2S2/c1-16-11-13-10(15)9(17-11)4-6-2-3-7(12)5-8(6)14/h2-5,14H,1H3. The van der Waals surface area contributed by atoms with Crippen molar-refractivity contribution < 1.29 is 14.3 Å². The first-order valence-electron chi connectivity index (χ1n) is 4.65. The Kier molecular flexibility index (Phi) is 3.54. The summed E-state index contributed by atoms with van der Waals surface area (Å²) < 4.78 is 13.4. The van der Waals surface area contributed by atoms with Gasteiger partial charge in [0.2, 0.25) is 0 Å². The summed E-state index contributed by atoms with van der Waals surface area (Å²) in [6.07, 6.45) is 3.34. The van der Waals surface area contributed by atoms with Crippen LogP contribution in [0.1, 0.15) is 5.56 Å². The number of phenols is 1. The van der Waals surface area contributed by atoms with Gasteiger partial charge in [0.05, 0.1) is 4.91 Å². The van der Waals surface area contributed by atoms with Gasteiger partial charge in [0, 0.05) is 11.6 Å². The average Bonchev–Trinajstić information content (AvgIpc) is 2.64. The van der Waals surface area contributed by atoms with Crippen LogP contribution < -0.4 is 0 Å². The maximum Gasteiger partial charge on any atom is 0.285 e. The molecule has 0 bridgehead atoms. The SMILES string of the molecule is CSC1=NC(=O)C(=Cc2ccc(F)cc2O)S1. The Balaban J connectivity index is 2.29.